The maximum absolute atomic E-state index is 5.67. The number of hydrogen-bond donors (Lipinski definition) is 1. The SMILES string of the molecule is CCCOc1ncc(CNC)c2ccccc12. The molecule has 3 heteroatoms. The summed E-state index contributed by atoms with van der Waals surface area (Å²) in [5.41, 5.74) is 1.20. The average Bonchev–Trinajstić information content (AvgIpc) is 2.38. The van der Waals surface area contributed by atoms with Crippen LogP contribution >= 0.6 is 0 Å². The Labute approximate surface area is 102 Å². The van der Waals surface area contributed by atoms with E-state index in [0.717, 1.165) is 24.2 Å². The Morgan fingerprint density at radius 2 is 2.00 bits per heavy atom. The molecule has 2 aromatic rings. The van der Waals surface area contributed by atoms with E-state index in [4.69, 9.17) is 4.74 Å². The number of benzene rings is 1. The molecule has 90 valence electrons. The average molecular weight is 230 g/mol. The molecule has 2 rings (SSSR count). The molecule has 0 bridgehead atoms. The van der Waals surface area contributed by atoms with E-state index in [9.17, 15) is 0 Å². The maximum atomic E-state index is 5.67. The second kappa shape index (κ2) is 5.64. The van der Waals surface area contributed by atoms with Crippen molar-refractivity contribution in [1.29, 1.82) is 0 Å². The minimum absolute atomic E-state index is 0.711. The molecule has 0 fully saturated rings. The fourth-order valence-electron chi connectivity index (χ4n) is 1.87. The predicted octanol–water partition coefficient (Wildman–Crippen LogP) is 2.74. The quantitative estimate of drug-likeness (QED) is 0.857. The first-order valence-corrected chi connectivity index (χ1v) is 6.00. The third-order valence-corrected chi connectivity index (χ3v) is 2.65. The van der Waals surface area contributed by atoms with Gasteiger partial charge in [0.15, 0.2) is 0 Å². The van der Waals surface area contributed by atoms with Gasteiger partial charge < -0.3 is 10.1 Å². The van der Waals surface area contributed by atoms with Gasteiger partial charge in [-0.25, -0.2) is 4.98 Å². The van der Waals surface area contributed by atoms with Gasteiger partial charge in [-0.1, -0.05) is 25.1 Å². The second-order valence-corrected chi connectivity index (χ2v) is 4.01. The molecule has 1 aromatic carbocycles. The van der Waals surface area contributed by atoms with Crippen molar-refractivity contribution in [3.63, 3.8) is 0 Å². The topological polar surface area (TPSA) is 34.1 Å². The van der Waals surface area contributed by atoms with Crippen LogP contribution in [-0.4, -0.2) is 18.6 Å². The lowest BCUT2D eigenvalue weighted by Crippen LogP contribution is -2.07. The number of aromatic nitrogens is 1. The van der Waals surface area contributed by atoms with Crippen LogP contribution < -0.4 is 10.1 Å². The van der Waals surface area contributed by atoms with Crippen LogP contribution in [0.5, 0.6) is 5.88 Å². The van der Waals surface area contributed by atoms with Crippen LogP contribution in [-0.2, 0) is 6.54 Å². The lowest BCUT2D eigenvalue weighted by Gasteiger charge is -2.10. The molecule has 0 unspecified atom stereocenters. The van der Waals surface area contributed by atoms with Crippen LogP contribution in [0.15, 0.2) is 30.5 Å². The minimum atomic E-state index is 0.711. The summed E-state index contributed by atoms with van der Waals surface area (Å²) in [6.45, 7) is 3.63. The van der Waals surface area contributed by atoms with Crippen molar-refractivity contribution in [2.45, 2.75) is 19.9 Å². The molecule has 1 heterocycles. The third kappa shape index (κ3) is 2.56. The van der Waals surface area contributed by atoms with Crippen LogP contribution in [0.4, 0.5) is 0 Å². The van der Waals surface area contributed by atoms with Gasteiger partial charge in [-0.15, -0.1) is 0 Å². The molecule has 0 saturated carbocycles. The van der Waals surface area contributed by atoms with Crippen LogP contribution in [0.3, 0.4) is 0 Å². The lowest BCUT2D eigenvalue weighted by atomic mass is 10.1. The first-order valence-electron chi connectivity index (χ1n) is 6.00. The number of nitrogens with one attached hydrogen (secondary N) is 1. The van der Waals surface area contributed by atoms with Gasteiger partial charge >= 0.3 is 0 Å². The highest BCUT2D eigenvalue weighted by molar-refractivity contribution is 5.89. The molecular weight excluding hydrogens is 212 g/mol. The van der Waals surface area contributed by atoms with Gasteiger partial charge in [-0.2, -0.15) is 0 Å². The molecule has 1 N–H and O–H groups in total. The van der Waals surface area contributed by atoms with Crippen molar-refractivity contribution in [1.82, 2.24) is 10.3 Å². The zero-order valence-electron chi connectivity index (χ0n) is 10.4. The Bertz CT molecular complexity index is 497. The number of rotatable bonds is 5. The van der Waals surface area contributed by atoms with E-state index in [-0.39, 0.29) is 0 Å². The highest BCUT2D eigenvalue weighted by Crippen LogP contribution is 2.26. The molecule has 0 spiro atoms. The van der Waals surface area contributed by atoms with E-state index >= 15 is 0 Å². The fourth-order valence-corrected chi connectivity index (χ4v) is 1.87. The summed E-state index contributed by atoms with van der Waals surface area (Å²) in [6, 6.07) is 8.24. The molecule has 1 aromatic heterocycles. The van der Waals surface area contributed by atoms with E-state index in [1.165, 1.54) is 10.9 Å². The van der Waals surface area contributed by atoms with Gasteiger partial charge in [-0.05, 0) is 30.5 Å². The van der Waals surface area contributed by atoms with Crippen molar-refractivity contribution in [2.75, 3.05) is 13.7 Å². The van der Waals surface area contributed by atoms with E-state index in [0.29, 0.717) is 6.61 Å². The normalized spacial score (nSPS) is 10.7. The fraction of sp³-hybridized carbons (Fsp3) is 0.357. The molecule has 0 amide bonds. The van der Waals surface area contributed by atoms with Crippen molar-refractivity contribution in [3.8, 4) is 5.88 Å². The molecule has 0 aliphatic heterocycles. The van der Waals surface area contributed by atoms with Crippen molar-refractivity contribution >= 4 is 10.8 Å². The summed E-state index contributed by atoms with van der Waals surface area (Å²) in [4.78, 5) is 4.40. The van der Waals surface area contributed by atoms with Gasteiger partial charge in [0.2, 0.25) is 5.88 Å². The van der Waals surface area contributed by atoms with Gasteiger partial charge in [0.05, 0.1) is 6.61 Å². The Morgan fingerprint density at radius 3 is 2.71 bits per heavy atom. The first-order chi connectivity index (χ1) is 8.36. The van der Waals surface area contributed by atoms with Crippen molar-refractivity contribution < 1.29 is 4.74 Å². The summed E-state index contributed by atoms with van der Waals surface area (Å²) in [7, 11) is 1.94. The van der Waals surface area contributed by atoms with E-state index < -0.39 is 0 Å². The Hall–Kier alpha value is -1.61. The second-order valence-electron chi connectivity index (χ2n) is 4.01. The number of hydrogen-bond acceptors (Lipinski definition) is 3. The summed E-state index contributed by atoms with van der Waals surface area (Å²) >= 11 is 0. The van der Waals surface area contributed by atoms with E-state index in [1.807, 2.05) is 25.4 Å². The number of nitrogens with zero attached hydrogens (tertiary/aromatic N) is 1. The van der Waals surface area contributed by atoms with E-state index in [2.05, 4.69) is 29.4 Å². The Kier molecular flexibility index (Phi) is 3.94. The summed E-state index contributed by atoms with van der Waals surface area (Å²) < 4.78 is 5.67. The van der Waals surface area contributed by atoms with Crippen LogP contribution in [0.1, 0.15) is 18.9 Å². The molecule has 0 atom stereocenters. The summed E-state index contributed by atoms with van der Waals surface area (Å²) in [6.07, 6.45) is 2.89. The molecule has 0 aliphatic carbocycles. The van der Waals surface area contributed by atoms with Gasteiger partial charge in [0, 0.05) is 18.1 Å². The first kappa shape index (κ1) is 11.9. The monoisotopic (exact) mass is 230 g/mol. The summed E-state index contributed by atoms with van der Waals surface area (Å²) in [5, 5.41) is 5.46. The highest BCUT2D eigenvalue weighted by Gasteiger charge is 2.07. The van der Waals surface area contributed by atoms with Crippen LogP contribution in [0, 0.1) is 0 Å². The zero-order valence-corrected chi connectivity index (χ0v) is 10.4. The van der Waals surface area contributed by atoms with Crippen molar-refractivity contribution in [2.24, 2.45) is 0 Å². The Morgan fingerprint density at radius 1 is 1.24 bits per heavy atom. The smallest absolute Gasteiger partial charge is 0.221 e. The molecule has 17 heavy (non-hydrogen) atoms. The van der Waals surface area contributed by atoms with Crippen LogP contribution in [0.2, 0.25) is 0 Å². The molecule has 0 saturated heterocycles. The molecule has 0 aliphatic rings. The molecule has 3 nitrogen and oxygen atoms in total. The number of ether oxygens (including phenoxy) is 1. The zero-order chi connectivity index (χ0) is 12.1. The maximum Gasteiger partial charge on any atom is 0.221 e. The standard InChI is InChI=1S/C14H18N2O/c1-3-8-17-14-13-7-5-4-6-12(13)11(9-15-2)10-16-14/h4-7,10,15H,3,8-9H2,1-2H3. The van der Waals surface area contributed by atoms with Crippen molar-refractivity contribution in [3.05, 3.63) is 36.0 Å². The minimum Gasteiger partial charge on any atom is -0.477 e. The van der Waals surface area contributed by atoms with E-state index in [1.54, 1.807) is 0 Å². The molecule has 0 radical (unpaired) electrons. The van der Waals surface area contributed by atoms with Crippen LogP contribution in [0.25, 0.3) is 10.8 Å². The van der Waals surface area contributed by atoms with Gasteiger partial charge in [-0.3, -0.25) is 0 Å². The number of pyridine rings is 1. The van der Waals surface area contributed by atoms with Gasteiger partial charge in [0.25, 0.3) is 0 Å². The Balaban J connectivity index is 2.46. The number of fused-ring (bicyclic) bond motifs is 1. The molecular formula is C14H18N2O. The lowest BCUT2D eigenvalue weighted by molar-refractivity contribution is 0.309. The summed E-state index contributed by atoms with van der Waals surface area (Å²) in [5.74, 6) is 0.738. The van der Waals surface area contributed by atoms with Gasteiger partial charge in [0.1, 0.15) is 0 Å². The largest absolute Gasteiger partial charge is 0.477 e. The third-order valence-electron chi connectivity index (χ3n) is 2.65. The predicted molar refractivity (Wildman–Crippen MR) is 70.3 cm³/mol. The highest BCUT2D eigenvalue weighted by atomic mass is 16.5.